The van der Waals surface area contributed by atoms with Crippen molar-refractivity contribution in [2.75, 3.05) is 13.1 Å². The molecule has 3 heteroatoms. The van der Waals surface area contributed by atoms with Crippen LogP contribution in [0.25, 0.3) is 0 Å². The Morgan fingerprint density at radius 3 is 2.63 bits per heavy atom. The highest BCUT2D eigenvalue weighted by atomic mass is 79.9. The van der Waals surface area contributed by atoms with Crippen LogP contribution in [0.1, 0.15) is 50.8 Å². The lowest BCUT2D eigenvalue weighted by Gasteiger charge is -2.37. The molecule has 0 amide bonds. The van der Waals surface area contributed by atoms with Crippen molar-refractivity contribution in [2.24, 2.45) is 11.3 Å². The number of hydrogen-bond acceptors (Lipinski definition) is 2. The van der Waals surface area contributed by atoms with Gasteiger partial charge in [0.2, 0.25) is 0 Å². The van der Waals surface area contributed by atoms with Crippen LogP contribution in [0.15, 0.2) is 15.9 Å². The summed E-state index contributed by atoms with van der Waals surface area (Å²) in [7, 11) is 0. The predicted molar refractivity (Wildman–Crippen MR) is 88.9 cm³/mol. The molecule has 108 valence electrons. The minimum Gasteiger partial charge on any atom is -0.316 e. The van der Waals surface area contributed by atoms with Crippen LogP contribution in [0.5, 0.6) is 0 Å². The Morgan fingerprint density at radius 1 is 1.32 bits per heavy atom. The Labute approximate surface area is 130 Å². The maximum atomic E-state index is 3.72. The predicted octanol–water partition coefficient (Wildman–Crippen LogP) is 5.25. The summed E-state index contributed by atoms with van der Waals surface area (Å²) in [5.41, 5.74) is 0.511. The Hall–Kier alpha value is 0.140. The summed E-state index contributed by atoms with van der Waals surface area (Å²) < 4.78 is 1.24. The van der Waals surface area contributed by atoms with Gasteiger partial charge in [-0.1, -0.05) is 33.1 Å². The van der Waals surface area contributed by atoms with Crippen LogP contribution in [0.2, 0.25) is 0 Å². The fourth-order valence-corrected chi connectivity index (χ4v) is 4.78. The molecule has 0 atom stereocenters. The quantitative estimate of drug-likeness (QED) is 0.743. The summed E-state index contributed by atoms with van der Waals surface area (Å²) in [5, 5.41) is 5.93. The second-order valence-corrected chi connectivity index (χ2v) is 8.40. The Morgan fingerprint density at radius 2 is 2.05 bits per heavy atom. The number of hydrogen-bond donors (Lipinski definition) is 1. The van der Waals surface area contributed by atoms with E-state index in [2.05, 4.69) is 46.5 Å². The number of nitrogens with one attached hydrogen (secondary N) is 1. The van der Waals surface area contributed by atoms with Gasteiger partial charge >= 0.3 is 0 Å². The van der Waals surface area contributed by atoms with E-state index in [0.717, 1.165) is 12.5 Å². The second kappa shape index (κ2) is 7.24. The van der Waals surface area contributed by atoms with Crippen molar-refractivity contribution in [1.82, 2.24) is 5.32 Å². The molecular formula is C16H26BrNS. The Balaban J connectivity index is 1.97. The first kappa shape index (κ1) is 15.5. The topological polar surface area (TPSA) is 12.0 Å². The van der Waals surface area contributed by atoms with E-state index >= 15 is 0 Å². The van der Waals surface area contributed by atoms with Gasteiger partial charge in [0.05, 0.1) is 0 Å². The zero-order valence-electron chi connectivity index (χ0n) is 12.2. The summed E-state index contributed by atoms with van der Waals surface area (Å²) in [4.78, 5) is 1.54. The highest BCUT2D eigenvalue weighted by Crippen LogP contribution is 2.40. The molecule has 1 fully saturated rings. The Kier molecular flexibility index (Phi) is 5.91. The molecule has 19 heavy (non-hydrogen) atoms. The molecule has 0 bridgehead atoms. The van der Waals surface area contributed by atoms with Crippen LogP contribution in [-0.2, 0) is 6.42 Å². The molecule has 0 spiro atoms. The van der Waals surface area contributed by atoms with Crippen molar-refractivity contribution in [2.45, 2.75) is 52.4 Å². The Bertz CT molecular complexity index is 380. The van der Waals surface area contributed by atoms with E-state index in [9.17, 15) is 0 Å². The van der Waals surface area contributed by atoms with Gasteiger partial charge in [-0.15, -0.1) is 11.3 Å². The van der Waals surface area contributed by atoms with E-state index in [1.807, 2.05) is 11.3 Å². The number of rotatable bonds is 6. The standard InChI is InChI=1S/C16H26BrNS/c1-13(2)10-18-12-16(6-4-3-5-7-16)9-15-8-14(17)11-19-15/h8,11,13,18H,3-7,9-10,12H2,1-2H3. The summed E-state index contributed by atoms with van der Waals surface area (Å²) in [6.07, 6.45) is 8.31. The van der Waals surface area contributed by atoms with E-state index in [-0.39, 0.29) is 0 Å². The first-order chi connectivity index (χ1) is 9.10. The molecule has 1 aliphatic carbocycles. The maximum absolute atomic E-state index is 3.72. The lowest BCUT2D eigenvalue weighted by molar-refractivity contribution is 0.180. The normalized spacial score (nSPS) is 18.9. The average Bonchev–Trinajstić information content (AvgIpc) is 2.75. The van der Waals surface area contributed by atoms with Gasteiger partial charge in [0.25, 0.3) is 0 Å². The maximum Gasteiger partial charge on any atom is 0.0285 e. The van der Waals surface area contributed by atoms with Crippen LogP contribution in [0.4, 0.5) is 0 Å². The summed E-state index contributed by atoms with van der Waals surface area (Å²) >= 11 is 5.49. The highest BCUT2D eigenvalue weighted by molar-refractivity contribution is 9.10. The number of halogens is 1. The second-order valence-electron chi connectivity index (χ2n) is 6.49. The first-order valence-electron chi connectivity index (χ1n) is 7.53. The third-order valence-corrected chi connectivity index (χ3v) is 5.84. The van der Waals surface area contributed by atoms with Crippen molar-refractivity contribution < 1.29 is 0 Å². The molecule has 0 saturated heterocycles. The smallest absolute Gasteiger partial charge is 0.0285 e. The fraction of sp³-hybridized carbons (Fsp3) is 0.750. The SMILES string of the molecule is CC(C)CNCC1(Cc2cc(Br)cs2)CCCCC1. The van der Waals surface area contributed by atoms with Gasteiger partial charge in [-0.05, 0) is 59.1 Å². The largest absolute Gasteiger partial charge is 0.316 e. The molecule has 0 aromatic carbocycles. The first-order valence-corrected chi connectivity index (χ1v) is 9.21. The lowest BCUT2D eigenvalue weighted by atomic mass is 9.71. The summed E-state index contributed by atoms with van der Waals surface area (Å²) in [5.74, 6) is 0.747. The van der Waals surface area contributed by atoms with Crippen molar-refractivity contribution >= 4 is 27.3 Å². The molecule has 2 rings (SSSR count). The zero-order valence-corrected chi connectivity index (χ0v) is 14.6. The van der Waals surface area contributed by atoms with Gasteiger partial charge in [0.1, 0.15) is 0 Å². The van der Waals surface area contributed by atoms with E-state index in [4.69, 9.17) is 0 Å². The van der Waals surface area contributed by atoms with Crippen LogP contribution in [0.3, 0.4) is 0 Å². The minimum atomic E-state index is 0.511. The lowest BCUT2D eigenvalue weighted by Crippen LogP contribution is -2.39. The van der Waals surface area contributed by atoms with Crippen LogP contribution in [-0.4, -0.2) is 13.1 Å². The van der Waals surface area contributed by atoms with E-state index in [0.29, 0.717) is 5.41 Å². The molecule has 1 saturated carbocycles. The van der Waals surface area contributed by atoms with Crippen LogP contribution < -0.4 is 5.32 Å². The molecule has 1 N–H and O–H groups in total. The third-order valence-electron chi connectivity index (χ3n) is 4.14. The van der Waals surface area contributed by atoms with Gasteiger partial charge in [-0.2, -0.15) is 0 Å². The minimum absolute atomic E-state index is 0.511. The average molecular weight is 344 g/mol. The van der Waals surface area contributed by atoms with Gasteiger partial charge in [-0.25, -0.2) is 0 Å². The molecule has 1 nitrogen and oxygen atoms in total. The monoisotopic (exact) mass is 343 g/mol. The third kappa shape index (κ3) is 4.87. The molecule has 0 radical (unpaired) electrons. The van der Waals surface area contributed by atoms with E-state index in [1.54, 1.807) is 4.88 Å². The number of thiophene rings is 1. The zero-order chi connectivity index (χ0) is 13.7. The fourth-order valence-electron chi connectivity index (χ4n) is 3.16. The van der Waals surface area contributed by atoms with Gasteiger partial charge < -0.3 is 5.32 Å². The summed E-state index contributed by atoms with van der Waals surface area (Å²) in [6.45, 7) is 6.92. The molecule has 1 heterocycles. The van der Waals surface area contributed by atoms with Crippen molar-refractivity contribution in [3.63, 3.8) is 0 Å². The molecule has 1 aromatic rings. The van der Waals surface area contributed by atoms with Crippen LogP contribution >= 0.6 is 27.3 Å². The van der Waals surface area contributed by atoms with Crippen LogP contribution in [0, 0.1) is 11.3 Å². The van der Waals surface area contributed by atoms with E-state index in [1.165, 1.54) is 49.5 Å². The van der Waals surface area contributed by atoms with Gasteiger partial charge in [0.15, 0.2) is 0 Å². The van der Waals surface area contributed by atoms with Crippen molar-refractivity contribution in [1.29, 1.82) is 0 Å². The van der Waals surface area contributed by atoms with Gasteiger partial charge in [-0.3, -0.25) is 0 Å². The molecule has 0 unspecified atom stereocenters. The highest BCUT2D eigenvalue weighted by Gasteiger charge is 2.32. The molecule has 0 aliphatic heterocycles. The summed E-state index contributed by atoms with van der Waals surface area (Å²) in [6, 6.07) is 2.31. The molecular weight excluding hydrogens is 318 g/mol. The van der Waals surface area contributed by atoms with Gasteiger partial charge in [0, 0.05) is 21.3 Å². The van der Waals surface area contributed by atoms with Crippen molar-refractivity contribution in [3.8, 4) is 0 Å². The molecule has 1 aliphatic rings. The van der Waals surface area contributed by atoms with Crippen molar-refractivity contribution in [3.05, 3.63) is 20.8 Å². The van der Waals surface area contributed by atoms with E-state index < -0.39 is 0 Å². The molecule has 1 aromatic heterocycles.